The van der Waals surface area contributed by atoms with Crippen molar-refractivity contribution in [2.24, 2.45) is 0 Å². The van der Waals surface area contributed by atoms with Crippen LogP contribution in [0.2, 0.25) is 0 Å². The first kappa shape index (κ1) is 10.0. The van der Waals surface area contributed by atoms with E-state index in [9.17, 15) is 0 Å². The molecule has 0 fully saturated rings. The Kier molecular flexibility index (Phi) is 9.10. The topological polar surface area (TPSA) is 9.23 Å². The van der Waals surface area contributed by atoms with Gasteiger partial charge in [0, 0.05) is 12.4 Å². The number of rotatable bonds is 7. The fourth-order valence-electron chi connectivity index (χ4n) is 0.539. The van der Waals surface area contributed by atoms with Crippen molar-refractivity contribution in [2.45, 2.75) is 19.8 Å². The summed E-state index contributed by atoms with van der Waals surface area (Å²) >= 11 is 1.71. The third-order valence-electron chi connectivity index (χ3n) is 1.11. The van der Waals surface area contributed by atoms with Gasteiger partial charge in [-0.05, 0) is 11.8 Å². The van der Waals surface area contributed by atoms with Crippen molar-refractivity contribution in [3.63, 3.8) is 0 Å². The summed E-state index contributed by atoms with van der Waals surface area (Å²) in [5, 5.41) is 1.85. The highest BCUT2D eigenvalue weighted by Crippen LogP contribution is 1.98. The molecule has 10 heavy (non-hydrogen) atoms. The van der Waals surface area contributed by atoms with E-state index in [-0.39, 0.29) is 0 Å². The van der Waals surface area contributed by atoms with Crippen LogP contribution >= 0.6 is 11.8 Å². The second kappa shape index (κ2) is 9.05. The Balaban J connectivity index is 2.70. The van der Waals surface area contributed by atoms with Crippen molar-refractivity contribution in [1.82, 2.24) is 0 Å². The maximum absolute atomic E-state index is 5.31. The molecule has 0 N–H and O–H groups in total. The zero-order valence-corrected chi connectivity index (χ0v) is 7.45. The lowest BCUT2D eigenvalue weighted by molar-refractivity contribution is 0.147. The maximum atomic E-state index is 5.31. The number of hydrogen-bond donors (Lipinski definition) is 0. The Morgan fingerprint density at radius 1 is 1.50 bits per heavy atom. The van der Waals surface area contributed by atoms with Crippen LogP contribution in [0.25, 0.3) is 0 Å². The molecule has 2 heteroatoms. The van der Waals surface area contributed by atoms with Gasteiger partial charge in [-0.1, -0.05) is 19.9 Å². The molecule has 0 amide bonds. The second-order valence-electron chi connectivity index (χ2n) is 2.00. The highest BCUT2D eigenvalue weighted by atomic mass is 32.2. The standard InChI is InChI=1S/C8H16OS/c1-3-5-6-9-7-8-10-4-2/h4H,2-3,5-8H2,1H3. The molecule has 0 aromatic carbocycles. The van der Waals surface area contributed by atoms with Crippen molar-refractivity contribution in [1.29, 1.82) is 0 Å². The van der Waals surface area contributed by atoms with E-state index >= 15 is 0 Å². The third-order valence-corrected chi connectivity index (χ3v) is 1.74. The van der Waals surface area contributed by atoms with Crippen molar-refractivity contribution < 1.29 is 4.74 Å². The third kappa shape index (κ3) is 8.05. The van der Waals surface area contributed by atoms with E-state index in [1.54, 1.807) is 11.8 Å². The highest BCUT2D eigenvalue weighted by molar-refractivity contribution is 8.02. The van der Waals surface area contributed by atoms with Crippen LogP contribution in [0.5, 0.6) is 0 Å². The summed E-state index contributed by atoms with van der Waals surface area (Å²) in [4.78, 5) is 0. The molecule has 0 rings (SSSR count). The SMILES string of the molecule is C=CSCCOCCCC. The van der Waals surface area contributed by atoms with Crippen LogP contribution in [0, 0.1) is 0 Å². The molecule has 0 unspecified atom stereocenters. The zero-order chi connectivity index (χ0) is 7.66. The lowest BCUT2D eigenvalue weighted by Crippen LogP contribution is -1.97. The molecule has 0 saturated heterocycles. The average molecular weight is 160 g/mol. The predicted molar refractivity (Wildman–Crippen MR) is 48.4 cm³/mol. The van der Waals surface area contributed by atoms with Crippen LogP contribution in [0.1, 0.15) is 19.8 Å². The van der Waals surface area contributed by atoms with E-state index in [1.165, 1.54) is 12.8 Å². The van der Waals surface area contributed by atoms with Gasteiger partial charge < -0.3 is 4.74 Å². The minimum absolute atomic E-state index is 0.858. The van der Waals surface area contributed by atoms with Gasteiger partial charge in [-0.25, -0.2) is 0 Å². The van der Waals surface area contributed by atoms with Gasteiger partial charge in [0.25, 0.3) is 0 Å². The summed E-state index contributed by atoms with van der Waals surface area (Å²) in [5.74, 6) is 1.03. The summed E-state index contributed by atoms with van der Waals surface area (Å²) < 4.78 is 5.31. The first-order valence-electron chi connectivity index (χ1n) is 3.72. The van der Waals surface area contributed by atoms with Gasteiger partial charge in [0.15, 0.2) is 0 Å². The number of unbranched alkanes of at least 4 members (excludes halogenated alkanes) is 1. The molecule has 0 bridgehead atoms. The van der Waals surface area contributed by atoms with Gasteiger partial charge in [0.2, 0.25) is 0 Å². The molecule has 0 aromatic rings. The normalized spacial score (nSPS) is 9.70. The second-order valence-corrected chi connectivity index (χ2v) is 3.08. The van der Waals surface area contributed by atoms with E-state index in [0.717, 1.165) is 19.0 Å². The Labute approximate surface area is 67.8 Å². The van der Waals surface area contributed by atoms with E-state index in [4.69, 9.17) is 4.74 Å². The maximum Gasteiger partial charge on any atom is 0.0559 e. The Morgan fingerprint density at radius 2 is 2.30 bits per heavy atom. The molecule has 0 heterocycles. The first-order valence-corrected chi connectivity index (χ1v) is 4.77. The monoisotopic (exact) mass is 160 g/mol. The van der Waals surface area contributed by atoms with Crippen molar-refractivity contribution in [2.75, 3.05) is 19.0 Å². The van der Waals surface area contributed by atoms with E-state index in [2.05, 4.69) is 13.5 Å². The Bertz CT molecular complexity index is 73.7. The van der Waals surface area contributed by atoms with E-state index < -0.39 is 0 Å². The van der Waals surface area contributed by atoms with Gasteiger partial charge >= 0.3 is 0 Å². The molecule has 0 atom stereocenters. The largest absolute Gasteiger partial charge is 0.381 e. The molecule has 0 aliphatic rings. The minimum Gasteiger partial charge on any atom is -0.381 e. The lowest BCUT2D eigenvalue weighted by Gasteiger charge is -1.99. The number of hydrogen-bond acceptors (Lipinski definition) is 2. The summed E-state index contributed by atoms with van der Waals surface area (Å²) in [7, 11) is 0. The van der Waals surface area contributed by atoms with Crippen molar-refractivity contribution >= 4 is 11.8 Å². The number of ether oxygens (including phenoxy) is 1. The quantitative estimate of drug-likeness (QED) is 0.529. The molecule has 0 aliphatic carbocycles. The summed E-state index contributed by atoms with van der Waals surface area (Å²) in [6.45, 7) is 7.54. The van der Waals surface area contributed by atoms with Crippen LogP contribution in [-0.2, 0) is 4.74 Å². The van der Waals surface area contributed by atoms with Gasteiger partial charge in [0.05, 0.1) is 6.61 Å². The van der Waals surface area contributed by atoms with Crippen LogP contribution in [0.4, 0.5) is 0 Å². The van der Waals surface area contributed by atoms with E-state index in [0.29, 0.717) is 0 Å². The van der Waals surface area contributed by atoms with Crippen molar-refractivity contribution in [3.8, 4) is 0 Å². The van der Waals surface area contributed by atoms with Gasteiger partial charge in [0.1, 0.15) is 0 Å². The summed E-state index contributed by atoms with van der Waals surface area (Å²) in [6.07, 6.45) is 2.40. The molecule has 0 spiro atoms. The summed E-state index contributed by atoms with van der Waals surface area (Å²) in [5.41, 5.74) is 0. The van der Waals surface area contributed by atoms with E-state index in [1.807, 2.05) is 5.41 Å². The number of thioether (sulfide) groups is 1. The van der Waals surface area contributed by atoms with Gasteiger partial charge in [-0.15, -0.1) is 11.8 Å². The van der Waals surface area contributed by atoms with Crippen LogP contribution in [0.3, 0.4) is 0 Å². The Morgan fingerprint density at radius 3 is 2.90 bits per heavy atom. The molecule has 60 valence electrons. The molecule has 0 aromatic heterocycles. The summed E-state index contributed by atoms with van der Waals surface area (Å²) in [6, 6.07) is 0. The molecular weight excluding hydrogens is 144 g/mol. The average Bonchev–Trinajstić information content (AvgIpc) is 1.97. The van der Waals surface area contributed by atoms with Crippen LogP contribution in [0.15, 0.2) is 12.0 Å². The lowest BCUT2D eigenvalue weighted by atomic mass is 10.4. The van der Waals surface area contributed by atoms with Crippen LogP contribution in [-0.4, -0.2) is 19.0 Å². The smallest absolute Gasteiger partial charge is 0.0559 e. The Hall–Kier alpha value is 0.0500. The minimum atomic E-state index is 0.858. The molecule has 1 nitrogen and oxygen atoms in total. The fourth-order valence-corrected chi connectivity index (χ4v) is 0.920. The van der Waals surface area contributed by atoms with Crippen molar-refractivity contribution in [3.05, 3.63) is 12.0 Å². The predicted octanol–water partition coefficient (Wildman–Crippen LogP) is 2.68. The molecule has 0 radical (unpaired) electrons. The van der Waals surface area contributed by atoms with Gasteiger partial charge in [-0.2, -0.15) is 0 Å². The molecule has 0 saturated carbocycles. The molecule has 0 aliphatic heterocycles. The molecular formula is C8H16OS. The first-order chi connectivity index (χ1) is 4.91. The van der Waals surface area contributed by atoms with Gasteiger partial charge in [-0.3, -0.25) is 0 Å². The van der Waals surface area contributed by atoms with Crippen LogP contribution < -0.4 is 0 Å². The zero-order valence-electron chi connectivity index (χ0n) is 6.64. The fraction of sp³-hybridized carbons (Fsp3) is 0.750. The highest BCUT2D eigenvalue weighted by Gasteiger charge is 1.85.